The molecule has 0 saturated heterocycles. The molecule has 0 aliphatic carbocycles. The molecule has 0 spiro atoms. The third-order valence-corrected chi connectivity index (χ3v) is 5.90. The SMILES string of the molecule is Cc1ccc(NC(=O)CSc2nc3ccccc3c3nc(-c4ccccc4)nn23)cc1F. The Kier molecular flexibility index (Phi) is 5.28. The Morgan fingerprint density at radius 2 is 1.81 bits per heavy atom. The van der Waals surface area contributed by atoms with Crippen LogP contribution in [-0.4, -0.2) is 31.2 Å². The third kappa shape index (κ3) is 3.92. The average Bonchev–Trinajstić information content (AvgIpc) is 3.27. The molecule has 0 aliphatic rings. The summed E-state index contributed by atoms with van der Waals surface area (Å²) in [4.78, 5) is 21.9. The topological polar surface area (TPSA) is 72.2 Å². The van der Waals surface area contributed by atoms with Crippen molar-refractivity contribution in [2.75, 3.05) is 11.1 Å². The molecule has 3 aromatic carbocycles. The maximum Gasteiger partial charge on any atom is 0.234 e. The van der Waals surface area contributed by atoms with Gasteiger partial charge in [-0.2, -0.15) is 4.52 Å². The van der Waals surface area contributed by atoms with Crippen LogP contribution in [0.4, 0.5) is 10.1 Å². The largest absolute Gasteiger partial charge is 0.325 e. The van der Waals surface area contributed by atoms with Gasteiger partial charge in [0.2, 0.25) is 5.91 Å². The van der Waals surface area contributed by atoms with Crippen LogP contribution in [0.5, 0.6) is 0 Å². The Morgan fingerprint density at radius 3 is 2.62 bits per heavy atom. The summed E-state index contributed by atoms with van der Waals surface area (Å²) in [6, 6.07) is 22.0. The van der Waals surface area contributed by atoms with Gasteiger partial charge >= 0.3 is 0 Å². The first-order valence-electron chi connectivity index (χ1n) is 9.98. The molecule has 2 heterocycles. The first-order chi connectivity index (χ1) is 15.6. The van der Waals surface area contributed by atoms with Crippen LogP contribution in [0.2, 0.25) is 0 Å². The summed E-state index contributed by atoms with van der Waals surface area (Å²) in [5.41, 5.74) is 3.30. The first kappa shape index (κ1) is 20.1. The maximum absolute atomic E-state index is 13.8. The van der Waals surface area contributed by atoms with E-state index in [0.717, 1.165) is 16.5 Å². The summed E-state index contributed by atoms with van der Waals surface area (Å²) in [5.74, 6) is 0.0653. The molecule has 0 saturated carbocycles. The summed E-state index contributed by atoms with van der Waals surface area (Å²) in [6.07, 6.45) is 0. The Balaban J connectivity index is 1.46. The number of carbonyl (C=O) groups is 1. The number of halogens is 1. The smallest absolute Gasteiger partial charge is 0.234 e. The van der Waals surface area contributed by atoms with Gasteiger partial charge in [0.1, 0.15) is 5.82 Å². The van der Waals surface area contributed by atoms with Crippen molar-refractivity contribution in [2.45, 2.75) is 12.1 Å². The van der Waals surface area contributed by atoms with Gasteiger partial charge in [0, 0.05) is 16.6 Å². The molecule has 0 radical (unpaired) electrons. The maximum atomic E-state index is 13.8. The highest BCUT2D eigenvalue weighted by molar-refractivity contribution is 7.99. The lowest BCUT2D eigenvalue weighted by Crippen LogP contribution is -2.15. The van der Waals surface area contributed by atoms with Crippen LogP contribution in [-0.2, 0) is 4.79 Å². The predicted molar refractivity (Wildman–Crippen MR) is 124 cm³/mol. The zero-order chi connectivity index (χ0) is 22.1. The van der Waals surface area contributed by atoms with Gasteiger partial charge < -0.3 is 5.32 Å². The molecule has 0 fully saturated rings. The van der Waals surface area contributed by atoms with E-state index in [1.54, 1.807) is 23.6 Å². The third-order valence-electron chi connectivity index (χ3n) is 4.97. The zero-order valence-corrected chi connectivity index (χ0v) is 17.9. The molecule has 1 N–H and O–H groups in total. The lowest BCUT2D eigenvalue weighted by atomic mass is 10.2. The monoisotopic (exact) mass is 443 g/mol. The number of aromatic nitrogens is 4. The number of anilines is 1. The van der Waals surface area contributed by atoms with Crippen LogP contribution in [0.3, 0.4) is 0 Å². The fraction of sp³-hybridized carbons (Fsp3) is 0.0833. The summed E-state index contributed by atoms with van der Waals surface area (Å²) in [7, 11) is 0. The van der Waals surface area contributed by atoms with Crippen molar-refractivity contribution >= 4 is 39.9 Å². The molecular formula is C24H18FN5OS. The van der Waals surface area contributed by atoms with Crippen molar-refractivity contribution in [1.82, 2.24) is 19.6 Å². The number of amides is 1. The lowest BCUT2D eigenvalue weighted by molar-refractivity contribution is -0.113. The molecule has 1 amide bonds. The summed E-state index contributed by atoms with van der Waals surface area (Å²) in [5, 5.41) is 8.82. The van der Waals surface area contributed by atoms with Crippen LogP contribution >= 0.6 is 11.8 Å². The van der Waals surface area contributed by atoms with E-state index in [1.807, 2.05) is 54.6 Å². The molecule has 0 aliphatic heterocycles. The second kappa shape index (κ2) is 8.39. The number of fused-ring (bicyclic) bond motifs is 3. The van der Waals surface area contributed by atoms with Gasteiger partial charge in [-0.3, -0.25) is 4.79 Å². The van der Waals surface area contributed by atoms with E-state index in [2.05, 4.69) is 10.4 Å². The standard InChI is InChI=1S/C24H18FN5OS/c1-15-11-12-17(13-19(15)25)26-21(31)14-32-24-27-20-10-6-5-9-18(20)23-28-22(29-30(23)24)16-7-3-2-4-8-16/h2-13H,14H2,1H3,(H,26,31). The van der Waals surface area contributed by atoms with Gasteiger partial charge in [-0.1, -0.05) is 60.3 Å². The fourth-order valence-corrected chi connectivity index (χ4v) is 4.08. The van der Waals surface area contributed by atoms with E-state index < -0.39 is 0 Å². The lowest BCUT2D eigenvalue weighted by Gasteiger charge is -2.08. The molecule has 0 atom stereocenters. The highest BCUT2D eigenvalue weighted by Gasteiger charge is 2.16. The van der Waals surface area contributed by atoms with E-state index in [-0.39, 0.29) is 17.5 Å². The fourth-order valence-electron chi connectivity index (χ4n) is 3.33. The number of aryl methyl sites for hydroxylation is 1. The molecule has 6 nitrogen and oxygen atoms in total. The number of benzene rings is 3. The van der Waals surface area contributed by atoms with Crippen LogP contribution in [0.1, 0.15) is 5.56 Å². The second-order valence-corrected chi connectivity index (χ2v) is 8.19. The van der Waals surface area contributed by atoms with Crippen molar-refractivity contribution in [2.24, 2.45) is 0 Å². The minimum Gasteiger partial charge on any atom is -0.325 e. The minimum atomic E-state index is -0.357. The van der Waals surface area contributed by atoms with Crippen LogP contribution < -0.4 is 5.32 Å². The van der Waals surface area contributed by atoms with Crippen LogP contribution in [0, 0.1) is 12.7 Å². The van der Waals surface area contributed by atoms with Gasteiger partial charge in [-0.15, -0.1) is 5.10 Å². The van der Waals surface area contributed by atoms with Crippen LogP contribution in [0.15, 0.2) is 78.0 Å². The van der Waals surface area contributed by atoms with Gasteiger partial charge in [0.15, 0.2) is 16.6 Å². The summed E-state index contributed by atoms with van der Waals surface area (Å²) in [6.45, 7) is 1.68. The molecule has 5 rings (SSSR count). The number of thioether (sulfide) groups is 1. The van der Waals surface area contributed by atoms with Crippen molar-refractivity contribution in [3.05, 3.63) is 84.2 Å². The Morgan fingerprint density at radius 1 is 1.03 bits per heavy atom. The number of hydrogen-bond acceptors (Lipinski definition) is 5. The normalized spacial score (nSPS) is 11.2. The summed E-state index contributed by atoms with van der Waals surface area (Å²) < 4.78 is 15.4. The number of nitrogens with zero attached hydrogens (tertiary/aromatic N) is 4. The van der Waals surface area contributed by atoms with E-state index in [0.29, 0.717) is 27.9 Å². The molecule has 0 unspecified atom stereocenters. The molecule has 2 aromatic heterocycles. The Hall–Kier alpha value is -3.78. The first-order valence-corrected chi connectivity index (χ1v) is 11.0. The van der Waals surface area contributed by atoms with E-state index in [4.69, 9.17) is 9.97 Å². The van der Waals surface area contributed by atoms with E-state index in [1.165, 1.54) is 17.8 Å². The average molecular weight is 444 g/mol. The zero-order valence-electron chi connectivity index (χ0n) is 17.1. The Bertz CT molecular complexity index is 1450. The molecule has 158 valence electrons. The van der Waals surface area contributed by atoms with Crippen molar-refractivity contribution in [1.29, 1.82) is 0 Å². The number of rotatable bonds is 5. The molecule has 32 heavy (non-hydrogen) atoms. The van der Waals surface area contributed by atoms with Gasteiger partial charge in [0.25, 0.3) is 0 Å². The van der Waals surface area contributed by atoms with Gasteiger partial charge in [0.05, 0.1) is 11.3 Å². The minimum absolute atomic E-state index is 0.0937. The molecular weight excluding hydrogens is 425 g/mol. The second-order valence-electron chi connectivity index (χ2n) is 7.25. The van der Waals surface area contributed by atoms with Crippen molar-refractivity contribution in [3.63, 3.8) is 0 Å². The van der Waals surface area contributed by atoms with E-state index in [9.17, 15) is 9.18 Å². The number of hydrogen-bond donors (Lipinski definition) is 1. The predicted octanol–water partition coefficient (Wildman–Crippen LogP) is 5.12. The van der Waals surface area contributed by atoms with Crippen LogP contribution in [0.25, 0.3) is 27.9 Å². The molecule has 0 bridgehead atoms. The number of nitrogens with one attached hydrogen (secondary N) is 1. The van der Waals surface area contributed by atoms with Crippen molar-refractivity contribution < 1.29 is 9.18 Å². The molecule has 8 heteroatoms. The van der Waals surface area contributed by atoms with Crippen molar-refractivity contribution in [3.8, 4) is 11.4 Å². The van der Waals surface area contributed by atoms with Gasteiger partial charge in [-0.05, 0) is 36.8 Å². The Labute approximate surface area is 187 Å². The summed E-state index contributed by atoms with van der Waals surface area (Å²) >= 11 is 1.25. The number of para-hydroxylation sites is 1. The molecule has 5 aromatic rings. The highest BCUT2D eigenvalue weighted by atomic mass is 32.2. The van der Waals surface area contributed by atoms with E-state index >= 15 is 0 Å². The number of carbonyl (C=O) groups excluding carboxylic acids is 1. The highest BCUT2D eigenvalue weighted by Crippen LogP contribution is 2.26. The quantitative estimate of drug-likeness (QED) is 0.301. The van der Waals surface area contributed by atoms with Gasteiger partial charge in [-0.25, -0.2) is 14.4 Å².